The van der Waals surface area contributed by atoms with E-state index in [0.29, 0.717) is 10.6 Å². The number of aliphatic carboxylic acids is 1. The first-order valence-electron chi connectivity index (χ1n) is 5.41. The molecule has 4 nitrogen and oxygen atoms in total. The maximum absolute atomic E-state index is 13.3. The lowest BCUT2D eigenvalue weighted by Crippen LogP contribution is -2.23. The summed E-state index contributed by atoms with van der Waals surface area (Å²) in [4.78, 5) is 21.6. The molecule has 0 radical (unpaired) electrons. The Morgan fingerprint density at radius 1 is 1.33 bits per heavy atom. The standard InChI is InChI=1S/C12H13ClFNO3/c13-9-5-4-8(10(14)6-9)7-15-11(16)2-1-3-12(17)18/h4-6H,1-3,7H2,(H,15,16)(H,17,18). The molecule has 0 saturated heterocycles. The SMILES string of the molecule is O=C(O)CCCC(=O)NCc1ccc(Cl)cc1F. The third-order valence-corrected chi connectivity index (χ3v) is 2.52. The first kappa shape index (κ1) is 14.4. The number of hydrogen-bond acceptors (Lipinski definition) is 2. The summed E-state index contributed by atoms with van der Waals surface area (Å²) < 4.78 is 13.3. The Balaban J connectivity index is 2.36. The average molecular weight is 274 g/mol. The van der Waals surface area contributed by atoms with Gasteiger partial charge in [0.25, 0.3) is 0 Å². The molecule has 0 aliphatic carbocycles. The molecule has 1 aromatic carbocycles. The van der Waals surface area contributed by atoms with E-state index >= 15 is 0 Å². The minimum Gasteiger partial charge on any atom is -0.481 e. The van der Waals surface area contributed by atoms with Gasteiger partial charge in [-0.3, -0.25) is 9.59 Å². The van der Waals surface area contributed by atoms with Crippen LogP contribution in [0.25, 0.3) is 0 Å². The second-order valence-corrected chi connectivity index (χ2v) is 4.20. The number of nitrogens with one attached hydrogen (secondary N) is 1. The number of rotatable bonds is 6. The monoisotopic (exact) mass is 273 g/mol. The van der Waals surface area contributed by atoms with Crippen molar-refractivity contribution in [2.45, 2.75) is 25.8 Å². The van der Waals surface area contributed by atoms with Crippen LogP contribution in [0.3, 0.4) is 0 Å². The van der Waals surface area contributed by atoms with E-state index < -0.39 is 11.8 Å². The summed E-state index contributed by atoms with van der Waals surface area (Å²) in [5.41, 5.74) is 0.339. The Morgan fingerprint density at radius 2 is 2.06 bits per heavy atom. The molecule has 0 bridgehead atoms. The highest BCUT2D eigenvalue weighted by atomic mass is 35.5. The molecule has 1 rings (SSSR count). The molecule has 0 spiro atoms. The fourth-order valence-electron chi connectivity index (χ4n) is 1.35. The van der Waals surface area contributed by atoms with Crippen LogP contribution in [-0.4, -0.2) is 17.0 Å². The van der Waals surface area contributed by atoms with Crippen LogP contribution in [0.15, 0.2) is 18.2 Å². The lowest BCUT2D eigenvalue weighted by molar-refractivity contribution is -0.137. The topological polar surface area (TPSA) is 66.4 Å². The summed E-state index contributed by atoms with van der Waals surface area (Å²) in [6, 6.07) is 4.21. The molecule has 0 atom stereocenters. The molecule has 1 aromatic rings. The Labute approximate surface area is 109 Å². The van der Waals surface area contributed by atoms with Crippen molar-refractivity contribution in [3.8, 4) is 0 Å². The van der Waals surface area contributed by atoms with Crippen molar-refractivity contribution < 1.29 is 19.1 Å². The van der Waals surface area contributed by atoms with Crippen molar-refractivity contribution in [3.63, 3.8) is 0 Å². The Hall–Kier alpha value is -1.62. The van der Waals surface area contributed by atoms with Crippen molar-refractivity contribution in [1.82, 2.24) is 5.32 Å². The number of carbonyl (C=O) groups excluding carboxylic acids is 1. The zero-order valence-electron chi connectivity index (χ0n) is 9.58. The van der Waals surface area contributed by atoms with Gasteiger partial charge in [0, 0.05) is 30.0 Å². The summed E-state index contributed by atoms with van der Waals surface area (Å²) in [7, 11) is 0. The maximum atomic E-state index is 13.3. The lowest BCUT2D eigenvalue weighted by atomic mass is 10.2. The van der Waals surface area contributed by atoms with Crippen molar-refractivity contribution in [2.75, 3.05) is 0 Å². The van der Waals surface area contributed by atoms with Gasteiger partial charge in [0.2, 0.25) is 5.91 Å². The van der Waals surface area contributed by atoms with Crippen molar-refractivity contribution in [3.05, 3.63) is 34.6 Å². The van der Waals surface area contributed by atoms with Gasteiger partial charge in [-0.05, 0) is 18.6 Å². The molecular weight excluding hydrogens is 261 g/mol. The second-order valence-electron chi connectivity index (χ2n) is 3.76. The number of amides is 1. The minimum atomic E-state index is -0.938. The van der Waals surface area contributed by atoms with Crippen LogP contribution in [-0.2, 0) is 16.1 Å². The van der Waals surface area contributed by atoms with Gasteiger partial charge in [-0.2, -0.15) is 0 Å². The summed E-state index contributed by atoms with van der Waals surface area (Å²) >= 11 is 5.59. The smallest absolute Gasteiger partial charge is 0.303 e. The van der Waals surface area contributed by atoms with Crippen LogP contribution >= 0.6 is 11.6 Å². The van der Waals surface area contributed by atoms with Crippen LogP contribution in [0.2, 0.25) is 5.02 Å². The van der Waals surface area contributed by atoms with E-state index in [1.807, 2.05) is 0 Å². The van der Waals surface area contributed by atoms with Crippen LogP contribution in [0, 0.1) is 5.82 Å². The first-order chi connectivity index (χ1) is 8.49. The highest BCUT2D eigenvalue weighted by Crippen LogP contribution is 2.14. The van der Waals surface area contributed by atoms with Crippen molar-refractivity contribution in [1.29, 1.82) is 0 Å². The van der Waals surface area contributed by atoms with Gasteiger partial charge >= 0.3 is 5.97 Å². The summed E-state index contributed by atoms with van der Waals surface area (Å²) in [6.07, 6.45) is 0.328. The van der Waals surface area contributed by atoms with Crippen LogP contribution in [0.1, 0.15) is 24.8 Å². The van der Waals surface area contributed by atoms with E-state index in [2.05, 4.69) is 5.32 Å². The van der Waals surface area contributed by atoms with E-state index in [1.54, 1.807) is 0 Å². The molecule has 2 N–H and O–H groups in total. The third-order valence-electron chi connectivity index (χ3n) is 2.29. The Bertz CT molecular complexity index is 451. The zero-order valence-corrected chi connectivity index (χ0v) is 10.3. The number of carboxylic acid groups (broad SMARTS) is 1. The van der Waals surface area contributed by atoms with E-state index in [9.17, 15) is 14.0 Å². The maximum Gasteiger partial charge on any atom is 0.303 e. The van der Waals surface area contributed by atoms with Gasteiger partial charge in [-0.1, -0.05) is 17.7 Å². The first-order valence-corrected chi connectivity index (χ1v) is 5.79. The van der Waals surface area contributed by atoms with Crippen molar-refractivity contribution >= 4 is 23.5 Å². The molecule has 0 aliphatic rings. The molecule has 0 fully saturated rings. The zero-order chi connectivity index (χ0) is 13.5. The largest absolute Gasteiger partial charge is 0.481 e. The summed E-state index contributed by atoms with van der Waals surface area (Å²) in [5, 5.41) is 11.2. The molecule has 0 heterocycles. The predicted molar refractivity (Wildman–Crippen MR) is 64.7 cm³/mol. The average Bonchev–Trinajstić information content (AvgIpc) is 2.27. The minimum absolute atomic E-state index is 0.0529. The van der Waals surface area contributed by atoms with E-state index in [0.717, 1.165) is 0 Å². The number of carboxylic acids is 1. The molecule has 6 heteroatoms. The molecule has 0 unspecified atom stereocenters. The molecule has 1 amide bonds. The molecule has 0 aromatic heterocycles. The van der Waals surface area contributed by atoms with Crippen molar-refractivity contribution in [2.24, 2.45) is 0 Å². The lowest BCUT2D eigenvalue weighted by Gasteiger charge is -2.06. The summed E-state index contributed by atoms with van der Waals surface area (Å²) in [5.74, 6) is -1.72. The predicted octanol–water partition coefficient (Wildman–Crippen LogP) is 2.35. The second kappa shape index (κ2) is 6.96. The highest BCUT2D eigenvalue weighted by molar-refractivity contribution is 6.30. The van der Waals surface area contributed by atoms with E-state index in [1.165, 1.54) is 18.2 Å². The molecule has 18 heavy (non-hydrogen) atoms. The molecular formula is C12H13ClFNO3. The number of hydrogen-bond donors (Lipinski definition) is 2. The van der Waals surface area contributed by atoms with Gasteiger partial charge in [-0.25, -0.2) is 4.39 Å². The van der Waals surface area contributed by atoms with Gasteiger partial charge in [0.1, 0.15) is 5.82 Å². The third kappa shape index (κ3) is 5.14. The van der Waals surface area contributed by atoms with Crippen LogP contribution in [0.4, 0.5) is 4.39 Å². The van der Waals surface area contributed by atoms with Gasteiger partial charge in [0.15, 0.2) is 0 Å². The summed E-state index contributed by atoms with van der Waals surface area (Å²) in [6.45, 7) is 0.0644. The molecule has 0 saturated carbocycles. The van der Waals surface area contributed by atoms with E-state index in [4.69, 9.17) is 16.7 Å². The number of carbonyl (C=O) groups is 2. The fraction of sp³-hybridized carbons (Fsp3) is 0.333. The van der Waals surface area contributed by atoms with E-state index in [-0.39, 0.29) is 31.7 Å². The van der Waals surface area contributed by atoms with Gasteiger partial charge in [0.05, 0.1) is 0 Å². The van der Waals surface area contributed by atoms with Crippen LogP contribution < -0.4 is 5.32 Å². The highest BCUT2D eigenvalue weighted by Gasteiger charge is 2.06. The quantitative estimate of drug-likeness (QED) is 0.836. The Kier molecular flexibility index (Phi) is 5.58. The van der Waals surface area contributed by atoms with Gasteiger partial charge in [-0.15, -0.1) is 0 Å². The molecule has 0 aliphatic heterocycles. The number of benzene rings is 1. The fourth-order valence-corrected chi connectivity index (χ4v) is 1.51. The molecule has 98 valence electrons. The van der Waals surface area contributed by atoms with Gasteiger partial charge < -0.3 is 10.4 Å². The normalized spacial score (nSPS) is 10.1. The van der Waals surface area contributed by atoms with Crippen LogP contribution in [0.5, 0.6) is 0 Å². The Morgan fingerprint density at radius 3 is 2.67 bits per heavy atom. The number of halogens is 2.